The smallest absolute Gasteiger partial charge is 0.233 e. The molecular weight excluding hydrogens is 362 g/mol. The number of amides is 1. The highest BCUT2D eigenvalue weighted by molar-refractivity contribution is 8.01. The third-order valence-electron chi connectivity index (χ3n) is 4.83. The first-order valence-electron chi connectivity index (χ1n) is 8.62. The van der Waals surface area contributed by atoms with E-state index in [1.54, 1.807) is 23.1 Å². The summed E-state index contributed by atoms with van der Waals surface area (Å²) in [5.41, 5.74) is 4.71. The summed E-state index contributed by atoms with van der Waals surface area (Å²) in [5.74, 6) is 0.627. The van der Waals surface area contributed by atoms with Gasteiger partial charge >= 0.3 is 0 Å². The Morgan fingerprint density at radius 3 is 2.96 bits per heavy atom. The van der Waals surface area contributed by atoms with Crippen molar-refractivity contribution in [3.63, 3.8) is 0 Å². The zero-order valence-corrected chi connectivity index (χ0v) is 15.7. The third kappa shape index (κ3) is 2.79. The summed E-state index contributed by atoms with van der Waals surface area (Å²) in [7, 11) is 0. The second kappa shape index (κ2) is 6.45. The maximum atomic E-state index is 12.7. The van der Waals surface area contributed by atoms with E-state index in [1.807, 2.05) is 29.2 Å². The monoisotopic (exact) mass is 379 g/mol. The number of carbonyl (C=O) groups is 1. The van der Waals surface area contributed by atoms with Gasteiger partial charge in [0.25, 0.3) is 0 Å². The quantitative estimate of drug-likeness (QED) is 0.535. The van der Waals surface area contributed by atoms with Crippen molar-refractivity contribution < 1.29 is 4.79 Å². The molecule has 130 valence electrons. The Morgan fingerprint density at radius 1 is 1.19 bits per heavy atom. The molecular formula is C20H17N3OS2. The van der Waals surface area contributed by atoms with E-state index in [1.165, 1.54) is 21.3 Å². The van der Waals surface area contributed by atoms with Crippen LogP contribution in [0.1, 0.15) is 11.3 Å². The summed E-state index contributed by atoms with van der Waals surface area (Å²) in [6.07, 6.45) is 0.890. The van der Waals surface area contributed by atoms with Gasteiger partial charge in [0.1, 0.15) is 0 Å². The summed E-state index contributed by atoms with van der Waals surface area (Å²) < 4.78 is 2.13. The molecule has 0 saturated heterocycles. The average molecular weight is 380 g/mol. The number of thioether (sulfide) groups is 1. The molecule has 4 aromatic rings. The maximum absolute atomic E-state index is 12.7. The summed E-state index contributed by atoms with van der Waals surface area (Å²) in [6, 6.07) is 16.4. The molecule has 0 bridgehead atoms. The van der Waals surface area contributed by atoms with Crippen LogP contribution in [0.4, 0.5) is 0 Å². The van der Waals surface area contributed by atoms with Gasteiger partial charge in [-0.1, -0.05) is 42.1 Å². The first-order chi connectivity index (χ1) is 12.8. The van der Waals surface area contributed by atoms with Crippen LogP contribution in [-0.2, 0) is 17.8 Å². The predicted molar refractivity (Wildman–Crippen MR) is 108 cm³/mol. The van der Waals surface area contributed by atoms with Crippen LogP contribution in [0.3, 0.4) is 0 Å². The first kappa shape index (κ1) is 15.9. The van der Waals surface area contributed by atoms with Gasteiger partial charge in [-0.3, -0.25) is 4.79 Å². The number of nitrogens with zero attached hydrogens (tertiary/aromatic N) is 2. The number of aromatic nitrogens is 2. The predicted octanol–water partition coefficient (Wildman–Crippen LogP) is 4.45. The summed E-state index contributed by atoms with van der Waals surface area (Å²) in [5, 5.41) is 1.24. The molecule has 26 heavy (non-hydrogen) atoms. The molecule has 0 spiro atoms. The second-order valence-corrected chi connectivity index (χ2v) is 8.68. The fourth-order valence-electron chi connectivity index (χ4n) is 3.51. The lowest BCUT2D eigenvalue weighted by Gasteiger charge is -2.27. The van der Waals surface area contributed by atoms with Gasteiger partial charge in [-0.2, -0.15) is 0 Å². The maximum Gasteiger partial charge on any atom is 0.233 e. The van der Waals surface area contributed by atoms with Gasteiger partial charge < -0.3 is 9.88 Å². The highest BCUT2D eigenvalue weighted by atomic mass is 32.2. The molecule has 3 heterocycles. The number of fused-ring (bicyclic) bond motifs is 4. The summed E-state index contributed by atoms with van der Waals surface area (Å²) >= 11 is 3.20. The summed E-state index contributed by atoms with van der Waals surface area (Å²) in [4.78, 5) is 22.8. The number of thiazole rings is 1. The van der Waals surface area contributed by atoms with Crippen LogP contribution in [0, 0.1) is 0 Å². The summed E-state index contributed by atoms with van der Waals surface area (Å²) in [6.45, 7) is 1.47. The molecule has 1 aliphatic rings. The van der Waals surface area contributed by atoms with Crippen molar-refractivity contribution in [3.8, 4) is 0 Å². The first-order valence-corrected chi connectivity index (χ1v) is 10.4. The van der Waals surface area contributed by atoms with Crippen molar-refractivity contribution in [1.82, 2.24) is 14.9 Å². The standard InChI is InChI=1S/C20H17N3OS2/c24-19(12-25-20-22-17-7-3-4-8-18(17)26-20)23-10-9-16-14(11-23)13-5-1-2-6-15(13)21-16/h1-8,21H,9-12H2. The third-order valence-corrected chi connectivity index (χ3v) is 6.99. The zero-order chi connectivity index (χ0) is 17.5. The Morgan fingerprint density at radius 2 is 2.04 bits per heavy atom. The number of aromatic amines is 1. The number of H-pyrrole nitrogens is 1. The second-order valence-electron chi connectivity index (χ2n) is 6.43. The minimum atomic E-state index is 0.185. The molecule has 4 nitrogen and oxygen atoms in total. The van der Waals surface area contributed by atoms with Crippen LogP contribution in [0.15, 0.2) is 52.9 Å². The van der Waals surface area contributed by atoms with E-state index in [-0.39, 0.29) is 5.91 Å². The number of hydrogen-bond donors (Lipinski definition) is 1. The van der Waals surface area contributed by atoms with Gasteiger partial charge in [0, 0.05) is 41.7 Å². The van der Waals surface area contributed by atoms with Crippen molar-refractivity contribution in [2.45, 2.75) is 17.3 Å². The normalized spacial score (nSPS) is 14.1. The van der Waals surface area contributed by atoms with Crippen molar-refractivity contribution >= 4 is 50.1 Å². The van der Waals surface area contributed by atoms with E-state index in [2.05, 4.69) is 34.2 Å². The Balaban J connectivity index is 1.30. The number of rotatable bonds is 3. The van der Waals surface area contributed by atoms with Crippen LogP contribution < -0.4 is 0 Å². The molecule has 1 amide bonds. The lowest BCUT2D eigenvalue weighted by molar-refractivity contribution is -0.129. The lowest BCUT2D eigenvalue weighted by atomic mass is 10.0. The molecule has 0 saturated carbocycles. The average Bonchev–Trinajstić information content (AvgIpc) is 3.26. The lowest BCUT2D eigenvalue weighted by Crippen LogP contribution is -2.36. The molecule has 0 atom stereocenters. The number of benzene rings is 2. The van der Waals surface area contributed by atoms with Gasteiger partial charge in [0.05, 0.1) is 16.0 Å². The Bertz CT molecular complexity index is 1080. The molecule has 2 aromatic carbocycles. The van der Waals surface area contributed by atoms with Crippen molar-refractivity contribution in [3.05, 3.63) is 59.8 Å². The van der Waals surface area contributed by atoms with Crippen molar-refractivity contribution in [2.75, 3.05) is 12.3 Å². The molecule has 6 heteroatoms. The molecule has 0 aliphatic carbocycles. The Labute approximate surface area is 159 Å². The van der Waals surface area contributed by atoms with Crippen molar-refractivity contribution in [2.24, 2.45) is 0 Å². The number of hydrogen-bond acceptors (Lipinski definition) is 4. The van der Waals surface area contributed by atoms with Crippen LogP contribution in [-0.4, -0.2) is 33.1 Å². The van der Waals surface area contributed by atoms with Crippen LogP contribution in [0.5, 0.6) is 0 Å². The van der Waals surface area contributed by atoms with E-state index in [4.69, 9.17) is 0 Å². The van der Waals surface area contributed by atoms with E-state index in [0.29, 0.717) is 12.3 Å². The topological polar surface area (TPSA) is 49.0 Å². The highest BCUT2D eigenvalue weighted by Crippen LogP contribution is 2.31. The van der Waals surface area contributed by atoms with Crippen molar-refractivity contribution in [1.29, 1.82) is 0 Å². The fourth-order valence-corrected chi connectivity index (χ4v) is 5.48. The van der Waals surface area contributed by atoms with E-state index >= 15 is 0 Å². The Kier molecular flexibility index (Phi) is 3.94. The SMILES string of the molecule is O=C(CSc1nc2ccccc2s1)N1CCc2[nH]c3ccccc3c2C1. The molecule has 5 rings (SSSR count). The van der Waals surface area contributed by atoms with E-state index in [9.17, 15) is 4.79 Å². The van der Waals surface area contributed by atoms with Crippen LogP contribution in [0.2, 0.25) is 0 Å². The van der Waals surface area contributed by atoms with Crippen LogP contribution >= 0.6 is 23.1 Å². The molecule has 2 aromatic heterocycles. The van der Waals surface area contributed by atoms with Gasteiger partial charge in [-0.15, -0.1) is 11.3 Å². The molecule has 0 unspecified atom stereocenters. The number of nitrogens with one attached hydrogen (secondary N) is 1. The van der Waals surface area contributed by atoms with E-state index in [0.717, 1.165) is 28.3 Å². The van der Waals surface area contributed by atoms with Gasteiger partial charge in [0.15, 0.2) is 4.34 Å². The van der Waals surface area contributed by atoms with E-state index < -0.39 is 0 Å². The molecule has 1 N–H and O–H groups in total. The number of para-hydroxylation sites is 2. The minimum Gasteiger partial charge on any atom is -0.358 e. The fraction of sp³-hybridized carbons (Fsp3) is 0.200. The molecule has 0 fully saturated rings. The minimum absolute atomic E-state index is 0.185. The van der Waals surface area contributed by atoms with Gasteiger partial charge in [-0.05, 0) is 18.2 Å². The van der Waals surface area contributed by atoms with Crippen LogP contribution in [0.25, 0.3) is 21.1 Å². The van der Waals surface area contributed by atoms with Gasteiger partial charge in [0.2, 0.25) is 5.91 Å². The highest BCUT2D eigenvalue weighted by Gasteiger charge is 2.24. The largest absolute Gasteiger partial charge is 0.358 e. The molecule has 0 radical (unpaired) electrons. The Hall–Kier alpha value is -2.31. The number of carbonyl (C=O) groups excluding carboxylic acids is 1. The van der Waals surface area contributed by atoms with Gasteiger partial charge in [-0.25, -0.2) is 4.98 Å². The molecule has 1 aliphatic heterocycles. The zero-order valence-electron chi connectivity index (χ0n) is 14.1.